The number of aliphatic imine (C=N–C) groups is 1. The highest BCUT2D eigenvalue weighted by Gasteiger charge is 2.02. The van der Waals surface area contributed by atoms with Crippen molar-refractivity contribution in [1.29, 1.82) is 0 Å². The quantitative estimate of drug-likeness (QED) is 0.615. The fraction of sp³-hybridized carbons (Fsp3) is 0.600. The number of hydrogen-bond acceptors (Lipinski definition) is 3. The summed E-state index contributed by atoms with van der Waals surface area (Å²) in [6.07, 6.45) is 1.13. The van der Waals surface area contributed by atoms with Crippen LogP contribution in [-0.2, 0) is 6.54 Å². The van der Waals surface area contributed by atoms with E-state index < -0.39 is 0 Å². The maximum atomic E-state index is 4.57. The number of aromatic nitrogens is 1. The Balaban J connectivity index is 2.46. The van der Waals surface area contributed by atoms with Crippen LogP contribution in [0.15, 0.2) is 23.2 Å². The summed E-state index contributed by atoms with van der Waals surface area (Å²) < 4.78 is 0. The van der Waals surface area contributed by atoms with Gasteiger partial charge in [-0.1, -0.05) is 19.9 Å². The maximum absolute atomic E-state index is 4.57. The first-order valence-electron chi connectivity index (χ1n) is 7.10. The van der Waals surface area contributed by atoms with Crippen molar-refractivity contribution in [3.63, 3.8) is 0 Å². The standard InChI is InChI=1S/C15H27N5/c1-12(2)9-10-17-15(16-3)18-11-13-7-6-8-14(19-13)20(4)5/h6-8,12H,9-11H2,1-5H3,(H2,16,17,18). The lowest BCUT2D eigenvalue weighted by Crippen LogP contribution is -2.37. The van der Waals surface area contributed by atoms with Crippen LogP contribution in [0.5, 0.6) is 0 Å². The number of nitrogens with zero attached hydrogens (tertiary/aromatic N) is 3. The van der Waals surface area contributed by atoms with E-state index in [9.17, 15) is 0 Å². The summed E-state index contributed by atoms with van der Waals surface area (Å²) in [7, 11) is 5.77. The van der Waals surface area contributed by atoms with E-state index in [-0.39, 0.29) is 0 Å². The summed E-state index contributed by atoms with van der Waals surface area (Å²) in [4.78, 5) is 10.8. The van der Waals surface area contributed by atoms with Crippen LogP contribution < -0.4 is 15.5 Å². The minimum atomic E-state index is 0.670. The monoisotopic (exact) mass is 277 g/mol. The molecule has 0 aliphatic carbocycles. The third kappa shape index (κ3) is 5.91. The number of pyridine rings is 1. The minimum Gasteiger partial charge on any atom is -0.363 e. The smallest absolute Gasteiger partial charge is 0.191 e. The molecule has 5 nitrogen and oxygen atoms in total. The molecule has 0 aliphatic heterocycles. The van der Waals surface area contributed by atoms with Gasteiger partial charge in [-0.2, -0.15) is 0 Å². The van der Waals surface area contributed by atoms with Gasteiger partial charge >= 0.3 is 0 Å². The Morgan fingerprint density at radius 3 is 2.65 bits per heavy atom. The number of hydrogen-bond donors (Lipinski definition) is 2. The average Bonchev–Trinajstić information content (AvgIpc) is 2.42. The maximum Gasteiger partial charge on any atom is 0.191 e. The summed E-state index contributed by atoms with van der Waals surface area (Å²) in [5.74, 6) is 2.48. The molecule has 0 unspecified atom stereocenters. The van der Waals surface area contributed by atoms with Gasteiger partial charge in [0.15, 0.2) is 5.96 Å². The Labute approximate surface area is 122 Å². The molecule has 5 heteroatoms. The van der Waals surface area contributed by atoms with Crippen LogP contribution >= 0.6 is 0 Å². The molecule has 1 rings (SSSR count). The van der Waals surface area contributed by atoms with Crippen LogP contribution in [0.25, 0.3) is 0 Å². The van der Waals surface area contributed by atoms with Crippen molar-refractivity contribution >= 4 is 11.8 Å². The van der Waals surface area contributed by atoms with Crippen molar-refractivity contribution in [2.75, 3.05) is 32.6 Å². The van der Waals surface area contributed by atoms with Gasteiger partial charge in [0.05, 0.1) is 12.2 Å². The molecule has 0 aliphatic rings. The third-order valence-corrected chi connectivity index (χ3v) is 2.92. The van der Waals surface area contributed by atoms with Crippen LogP contribution in [0.4, 0.5) is 5.82 Å². The average molecular weight is 277 g/mol. The van der Waals surface area contributed by atoms with E-state index in [1.165, 1.54) is 0 Å². The van der Waals surface area contributed by atoms with Gasteiger partial charge in [-0.25, -0.2) is 4.98 Å². The Morgan fingerprint density at radius 1 is 1.30 bits per heavy atom. The number of nitrogens with one attached hydrogen (secondary N) is 2. The first-order chi connectivity index (χ1) is 9.52. The molecule has 0 atom stereocenters. The van der Waals surface area contributed by atoms with Crippen LogP contribution in [0, 0.1) is 5.92 Å². The lowest BCUT2D eigenvalue weighted by Gasteiger charge is -2.14. The molecule has 1 aromatic heterocycles. The number of rotatable bonds is 6. The predicted molar refractivity (Wildman–Crippen MR) is 86.2 cm³/mol. The first kappa shape index (κ1) is 16.3. The molecule has 0 spiro atoms. The minimum absolute atomic E-state index is 0.670. The van der Waals surface area contributed by atoms with Gasteiger partial charge in [0.2, 0.25) is 0 Å². The van der Waals surface area contributed by atoms with Crippen molar-refractivity contribution in [3.8, 4) is 0 Å². The SMILES string of the molecule is CN=C(NCCC(C)C)NCc1cccc(N(C)C)n1. The fourth-order valence-corrected chi connectivity index (χ4v) is 1.69. The molecule has 0 aromatic carbocycles. The molecule has 0 radical (unpaired) electrons. The van der Waals surface area contributed by atoms with Crippen LogP contribution in [0.2, 0.25) is 0 Å². The van der Waals surface area contributed by atoms with E-state index >= 15 is 0 Å². The second-order valence-corrected chi connectivity index (χ2v) is 5.42. The summed E-state index contributed by atoms with van der Waals surface area (Å²) in [5.41, 5.74) is 1.00. The predicted octanol–water partition coefficient (Wildman–Crippen LogP) is 1.86. The summed E-state index contributed by atoms with van der Waals surface area (Å²) in [5, 5.41) is 6.59. The summed E-state index contributed by atoms with van der Waals surface area (Å²) in [6.45, 7) is 6.04. The van der Waals surface area contributed by atoms with Gasteiger partial charge in [-0.3, -0.25) is 4.99 Å². The van der Waals surface area contributed by atoms with Crippen LogP contribution in [0.1, 0.15) is 26.0 Å². The molecule has 2 N–H and O–H groups in total. The van der Waals surface area contributed by atoms with Gasteiger partial charge in [0.25, 0.3) is 0 Å². The zero-order valence-electron chi connectivity index (χ0n) is 13.3. The molecule has 0 saturated heterocycles. The van der Waals surface area contributed by atoms with Crippen molar-refractivity contribution in [2.45, 2.75) is 26.8 Å². The van der Waals surface area contributed by atoms with Crippen molar-refractivity contribution < 1.29 is 0 Å². The lowest BCUT2D eigenvalue weighted by atomic mass is 10.1. The third-order valence-electron chi connectivity index (χ3n) is 2.92. The zero-order valence-corrected chi connectivity index (χ0v) is 13.3. The molecule has 0 saturated carbocycles. The first-order valence-corrected chi connectivity index (χ1v) is 7.10. The van der Waals surface area contributed by atoms with E-state index in [4.69, 9.17) is 0 Å². The van der Waals surface area contributed by atoms with Gasteiger partial charge in [0, 0.05) is 27.7 Å². The second-order valence-electron chi connectivity index (χ2n) is 5.42. The molecule has 0 amide bonds. The second kappa shape index (κ2) is 8.40. The number of anilines is 1. The number of guanidine groups is 1. The van der Waals surface area contributed by atoms with E-state index in [0.29, 0.717) is 12.5 Å². The van der Waals surface area contributed by atoms with E-state index in [0.717, 1.165) is 30.4 Å². The highest BCUT2D eigenvalue weighted by molar-refractivity contribution is 5.79. The van der Waals surface area contributed by atoms with Crippen molar-refractivity contribution in [1.82, 2.24) is 15.6 Å². The Kier molecular flexibility index (Phi) is 6.84. The summed E-state index contributed by atoms with van der Waals surface area (Å²) in [6, 6.07) is 6.04. The zero-order chi connectivity index (χ0) is 15.0. The van der Waals surface area contributed by atoms with E-state index in [1.54, 1.807) is 7.05 Å². The molecule has 0 bridgehead atoms. The molecule has 0 fully saturated rings. The largest absolute Gasteiger partial charge is 0.363 e. The van der Waals surface area contributed by atoms with Gasteiger partial charge in [-0.05, 0) is 24.5 Å². The molecule has 1 heterocycles. The molecule has 20 heavy (non-hydrogen) atoms. The van der Waals surface area contributed by atoms with E-state index in [2.05, 4.69) is 34.5 Å². The van der Waals surface area contributed by atoms with Crippen molar-refractivity contribution in [2.24, 2.45) is 10.9 Å². The van der Waals surface area contributed by atoms with Gasteiger partial charge in [0.1, 0.15) is 5.82 Å². The Morgan fingerprint density at radius 2 is 2.05 bits per heavy atom. The summed E-state index contributed by atoms with van der Waals surface area (Å²) >= 11 is 0. The highest BCUT2D eigenvalue weighted by atomic mass is 15.2. The normalized spacial score (nSPS) is 11.6. The lowest BCUT2D eigenvalue weighted by molar-refractivity contribution is 0.573. The molecule has 112 valence electrons. The Hall–Kier alpha value is -1.78. The molecular formula is C15H27N5. The van der Waals surface area contributed by atoms with Crippen LogP contribution in [0.3, 0.4) is 0 Å². The topological polar surface area (TPSA) is 52.6 Å². The Bertz CT molecular complexity index is 426. The van der Waals surface area contributed by atoms with Gasteiger partial charge < -0.3 is 15.5 Å². The molecule has 1 aromatic rings. The van der Waals surface area contributed by atoms with Crippen LogP contribution in [-0.4, -0.2) is 38.6 Å². The highest BCUT2D eigenvalue weighted by Crippen LogP contribution is 2.07. The molecular weight excluding hydrogens is 250 g/mol. The van der Waals surface area contributed by atoms with Gasteiger partial charge in [-0.15, -0.1) is 0 Å². The van der Waals surface area contributed by atoms with E-state index in [1.807, 2.05) is 37.2 Å². The fourth-order valence-electron chi connectivity index (χ4n) is 1.69. The van der Waals surface area contributed by atoms with Crippen molar-refractivity contribution in [3.05, 3.63) is 23.9 Å².